The molecule has 4 rings (SSSR count). The lowest BCUT2D eigenvalue weighted by molar-refractivity contribution is -0.139. The van der Waals surface area contributed by atoms with E-state index in [1.165, 1.54) is 12.3 Å². The average molecular weight is 372 g/mol. The number of nitriles is 1. The third kappa shape index (κ3) is 2.94. The predicted octanol–water partition coefficient (Wildman–Crippen LogP) is 3.73. The highest BCUT2D eigenvalue weighted by Gasteiger charge is 2.45. The highest BCUT2D eigenvalue weighted by molar-refractivity contribution is 5.95. The van der Waals surface area contributed by atoms with Gasteiger partial charge in [0, 0.05) is 12.8 Å². The Labute approximate surface area is 152 Å². The summed E-state index contributed by atoms with van der Waals surface area (Å²) in [5.41, 5.74) is 0.885. The molecule has 0 spiro atoms. The Morgan fingerprint density at radius 1 is 1.26 bits per heavy atom. The van der Waals surface area contributed by atoms with Crippen molar-refractivity contribution in [1.29, 1.82) is 5.26 Å². The molecule has 1 aromatic carbocycles. The number of pyridine rings is 1. The van der Waals surface area contributed by atoms with Crippen molar-refractivity contribution in [1.82, 2.24) is 15.2 Å². The lowest BCUT2D eigenvalue weighted by atomic mass is 9.90. The van der Waals surface area contributed by atoms with Crippen molar-refractivity contribution in [2.75, 3.05) is 6.61 Å². The van der Waals surface area contributed by atoms with Gasteiger partial charge in [-0.15, -0.1) is 0 Å². The van der Waals surface area contributed by atoms with Gasteiger partial charge in [0.25, 0.3) is 0 Å². The molecule has 8 heteroatoms. The number of aromatic nitrogens is 3. The van der Waals surface area contributed by atoms with E-state index in [-0.39, 0.29) is 17.6 Å². The zero-order chi connectivity index (χ0) is 19.2. The minimum Gasteiger partial charge on any atom is -0.396 e. The van der Waals surface area contributed by atoms with Crippen LogP contribution in [-0.2, 0) is 18.0 Å². The maximum absolute atomic E-state index is 13.4. The molecule has 0 amide bonds. The topological polar surface area (TPSA) is 85.6 Å². The average Bonchev–Trinajstić information content (AvgIpc) is 3.31. The summed E-state index contributed by atoms with van der Waals surface area (Å²) in [5, 5.41) is 24.4. The third-order valence-electron chi connectivity index (χ3n) is 4.96. The van der Waals surface area contributed by atoms with Crippen LogP contribution in [0.3, 0.4) is 0 Å². The monoisotopic (exact) mass is 372 g/mol. The normalized spacial score (nSPS) is 15.7. The molecular weight excluding hydrogens is 357 g/mol. The minimum absolute atomic E-state index is 0.0182. The first-order chi connectivity index (χ1) is 12.9. The quantitative estimate of drug-likeness (QED) is 0.731. The summed E-state index contributed by atoms with van der Waals surface area (Å²) in [6.07, 6.45) is -1.39. The van der Waals surface area contributed by atoms with Crippen molar-refractivity contribution in [3.63, 3.8) is 0 Å². The van der Waals surface area contributed by atoms with Gasteiger partial charge in [-0.05, 0) is 53.6 Å². The van der Waals surface area contributed by atoms with Crippen LogP contribution < -0.4 is 0 Å². The fourth-order valence-electron chi connectivity index (χ4n) is 3.38. The summed E-state index contributed by atoms with van der Waals surface area (Å²) in [6.45, 7) is -0.0896. The van der Waals surface area contributed by atoms with Crippen LogP contribution in [0.2, 0.25) is 0 Å². The number of aromatic amines is 1. The van der Waals surface area contributed by atoms with Gasteiger partial charge in [0.15, 0.2) is 5.65 Å². The summed E-state index contributed by atoms with van der Waals surface area (Å²) in [6, 6.07) is 9.19. The fraction of sp³-hybridized carbons (Fsp3) is 0.316. The van der Waals surface area contributed by atoms with E-state index in [1.54, 1.807) is 12.1 Å². The molecule has 0 radical (unpaired) electrons. The van der Waals surface area contributed by atoms with Gasteiger partial charge >= 0.3 is 6.18 Å². The molecule has 2 aromatic heterocycles. The lowest BCUT2D eigenvalue weighted by Gasteiger charge is -2.14. The second-order valence-corrected chi connectivity index (χ2v) is 6.74. The predicted molar refractivity (Wildman–Crippen MR) is 91.6 cm³/mol. The van der Waals surface area contributed by atoms with E-state index in [4.69, 9.17) is 0 Å². The molecule has 27 heavy (non-hydrogen) atoms. The van der Waals surface area contributed by atoms with E-state index >= 15 is 0 Å². The molecule has 0 atom stereocenters. The Morgan fingerprint density at radius 2 is 2.04 bits per heavy atom. The molecule has 1 fully saturated rings. The number of alkyl halides is 3. The first kappa shape index (κ1) is 17.5. The highest BCUT2D eigenvalue weighted by atomic mass is 19.4. The summed E-state index contributed by atoms with van der Waals surface area (Å²) in [7, 11) is 0. The maximum atomic E-state index is 13.4. The number of aliphatic hydroxyl groups excluding tert-OH is 1. The Balaban J connectivity index is 1.96. The third-order valence-corrected chi connectivity index (χ3v) is 4.96. The van der Waals surface area contributed by atoms with E-state index in [9.17, 15) is 23.5 Å². The van der Waals surface area contributed by atoms with Crippen LogP contribution in [0.1, 0.15) is 29.7 Å². The second-order valence-electron chi connectivity index (χ2n) is 6.74. The number of hydrogen-bond donors (Lipinski definition) is 2. The number of nitrogens with zero attached hydrogens (tertiary/aromatic N) is 3. The summed E-state index contributed by atoms with van der Waals surface area (Å²) < 4.78 is 40.2. The molecule has 2 heterocycles. The number of benzene rings is 1. The van der Waals surface area contributed by atoms with Gasteiger partial charge < -0.3 is 5.11 Å². The van der Waals surface area contributed by atoms with Gasteiger partial charge in [0.1, 0.15) is 5.69 Å². The number of H-pyrrole nitrogens is 1. The lowest BCUT2D eigenvalue weighted by Crippen LogP contribution is -2.07. The van der Waals surface area contributed by atoms with Crippen molar-refractivity contribution in [2.45, 2.75) is 30.9 Å². The molecule has 138 valence electrons. The zero-order valence-electron chi connectivity index (χ0n) is 14.1. The Hall–Kier alpha value is -2.92. The number of fused-ring (bicyclic) bond motifs is 1. The van der Waals surface area contributed by atoms with Crippen LogP contribution >= 0.6 is 0 Å². The van der Waals surface area contributed by atoms with Gasteiger partial charge in [0.2, 0.25) is 0 Å². The van der Waals surface area contributed by atoms with E-state index in [1.807, 2.05) is 11.2 Å². The molecular formula is C19H15F3N4O. The van der Waals surface area contributed by atoms with E-state index in [0.717, 1.165) is 24.0 Å². The Kier molecular flexibility index (Phi) is 3.93. The van der Waals surface area contributed by atoms with Crippen LogP contribution in [0.15, 0.2) is 30.5 Å². The molecule has 1 saturated carbocycles. The smallest absolute Gasteiger partial charge is 0.396 e. The fourth-order valence-corrected chi connectivity index (χ4v) is 3.38. The maximum Gasteiger partial charge on any atom is 0.433 e. The number of hydrogen-bond acceptors (Lipinski definition) is 4. The second kappa shape index (κ2) is 6.06. The number of nitrogens with one attached hydrogen (secondary N) is 1. The van der Waals surface area contributed by atoms with E-state index < -0.39 is 17.3 Å². The van der Waals surface area contributed by atoms with Crippen molar-refractivity contribution in [3.8, 4) is 17.2 Å². The van der Waals surface area contributed by atoms with Crippen molar-refractivity contribution < 1.29 is 18.3 Å². The molecule has 3 aromatic rings. The van der Waals surface area contributed by atoms with Crippen LogP contribution in [0.25, 0.3) is 22.2 Å². The largest absolute Gasteiger partial charge is 0.433 e. The molecule has 1 aliphatic rings. The van der Waals surface area contributed by atoms with Gasteiger partial charge in [0.05, 0.1) is 16.9 Å². The summed E-state index contributed by atoms with van der Waals surface area (Å²) in [5.74, 6) is 0. The first-order valence-corrected chi connectivity index (χ1v) is 8.45. The standard InChI is InChI=1S/C19H15F3N4O/c20-19(21,22)16-15-14(1-5-24-17(15)26-25-16)12-7-11(2-6-27)8-13(9-12)18(10-23)3-4-18/h1,5,7-9,27H,2-4,6H2,(H,24,25,26). The van der Waals surface area contributed by atoms with Gasteiger partial charge in [-0.2, -0.15) is 23.5 Å². The first-order valence-electron chi connectivity index (χ1n) is 8.45. The van der Waals surface area contributed by atoms with E-state index in [2.05, 4.69) is 16.2 Å². The van der Waals surface area contributed by atoms with Gasteiger partial charge in [-0.1, -0.05) is 12.1 Å². The summed E-state index contributed by atoms with van der Waals surface area (Å²) >= 11 is 0. The van der Waals surface area contributed by atoms with Crippen molar-refractivity contribution >= 4 is 11.0 Å². The van der Waals surface area contributed by atoms with E-state index in [0.29, 0.717) is 17.5 Å². The van der Waals surface area contributed by atoms with Crippen LogP contribution in [0.5, 0.6) is 0 Å². The number of halogens is 3. The number of rotatable bonds is 4. The molecule has 0 unspecified atom stereocenters. The van der Waals surface area contributed by atoms with Crippen molar-refractivity contribution in [3.05, 3.63) is 47.3 Å². The van der Waals surface area contributed by atoms with Crippen molar-refractivity contribution in [2.24, 2.45) is 0 Å². The highest BCUT2D eigenvalue weighted by Crippen LogP contribution is 2.49. The summed E-state index contributed by atoms with van der Waals surface area (Å²) in [4.78, 5) is 3.93. The molecule has 5 nitrogen and oxygen atoms in total. The Bertz CT molecular complexity index is 1060. The minimum atomic E-state index is -4.59. The molecule has 0 saturated heterocycles. The van der Waals surface area contributed by atoms with Crippen LogP contribution in [-0.4, -0.2) is 26.9 Å². The molecule has 2 N–H and O–H groups in total. The van der Waals surface area contributed by atoms with Gasteiger partial charge in [-0.3, -0.25) is 5.10 Å². The molecule has 0 bridgehead atoms. The SMILES string of the molecule is N#CC1(c2cc(CCO)cc(-c3ccnc4n[nH]c(C(F)(F)F)c34)c2)CC1. The van der Waals surface area contributed by atoms with Gasteiger partial charge in [-0.25, -0.2) is 4.98 Å². The molecule has 0 aliphatic heterocycles. The Morgan fingerprint density at radius 3 is 2.67 bits per heavy atom. The molecule has 1 aliphatic carbocycles. The zero-order valence-corrected chi connectivity index (χ0v) is 14.1. The van der Waals surface area contributed by atoms with Crippen LogP contribution in [0.4, 0.5) is 13.2 Å². The number of aliphatic hydroxyl groups is 1. The van der Waals surface area contributed by atoms with Crippen LogP contribution in [0, 0.1) is 11.3 Å².